The normalized spacial score (nSPS) is 29.1. The highest BCUT2D eigenvalue weighted by atomic mass is 16.7. The van der Waals surface area contributed by atoms with Gasteiger partial charge in [-0.1, -0.05) is 11.8 Å². The molecule has 0 aromatic heterocycles. The number of hydrogen-bond donors (Lipinski definition) is 0. The number of rotatable bonds is 6. The molecule has 2 atom stereocenters. The average Bonchev–Trinajstić information content (AvgIpc) is 2.60. The van der Waals surface area contributed by atoms with Gasteiger partial charge >= 0.3 is 0 Å². The van der Waals surface area contributed by atoms with Crippen molar-refractivity contribution in [3.63, 3.8) is 0 Å². The van der Waals surface area contributed by atoms with E-state index in [0.717, 1.165) is 25.7 Å². The summed E-state index contributed by atoms with van der Waals surface area (Å²) in [5.74, 6) is 6.43. The quantitative estimate of drug-likeness (QED) is 0.555. The molecule has 0 saturated carbocycles. The third kappa shape index (κ3) is 5.44. The molecule has 32 heavy (non-hydrogen) atoms. The number of nitrogens with zero attached hydrogens (tertiary/aromatic N) is 2. The lowest BCUT2D eigenvalue weighted by molar-refractivity contribution is -0.285. The summed E-state index contributed by atoms with van der Waals surface area (Å²) in [6, 6.07) is 0. The SMILES string of the molecule is CC(=O)C1CCC(C)(C)N(OCC#CCON2C(C)(C)CCC(C(C)=O)C2(C)C)C1(C)C. The van der Waals surface area contributed by atoms with Crippen molar-refractivity contribution in [3.05, 3.63) is 0 Å². The van der Waals surface area contributed by atoms with Crippen LogP contribution >= 0.6 is 0 Å². The Morgan fingerprint density at radius 2 is 1.03 bits per heavy atom. The monoisotopic (exact) mass is 448 g/mol. The third-order valence-corrected chi connectivity index (χ3v) is 7.58. The lowest BCUT2D eigenvalue weighted by Gasteiger charge is -2.54. The largest absolute Gasteiger partial charge is 0.300 e. The molecule has 0 aliphatic carbocycles. The Bertz CT molecular complexity index is 710. The van der Waals surface area contributed by atoms with Gasteiger partial charge in [0.15, 0.2) is 0 Å². The minimum absolute atomic E-state index is 0.0513. The molecule has 182 valence electrons. The van der Waals surface area contributed by atoms with Crippen LogP contribution in [0.3, 0.4) is 0 Å². The predicted molar refractivity (Wildman–Crippen MR) is 126 cm³/mol. The standard InChI is InChI=1S/C26H44N2O4/c1-19(29)21-13-15-23(3,4)27(25(21,7)8)31-17-11-12-18-32-28-24(5,6)16-14-22(20(2)30)26(28,9)10/h21-22H,13-18H2,1-10H3. The van der Waals surface area contributed by atoms with E-state index in [-0.39, 0.29) is 47.7 Å². The summed E-state index contributed by atoms with van der Waals surface area (Å²) in [6.07, 6.45) is 3.54. The average molecular weight is 449 g/mol. The summed E-state index contributed by atoms with van der Waals surface area (Å²) >= 11 is 0. The maximum atomic E-state index is 12.2. The van der Waals surface area contributed by atoms with Crippen LogP contribution in [-0.2, 0) is 19.3 Å². The van der Waals surface area contributed by atoms with Crippen LogP contribution in [0.2, 0.25) is 0 Å². The van der Waals surface area contributed by atoms with Crippen LogP contribution in [0.1, 0.15) is 94.9 Å². The van der Waals surface area contributed by atoms with Gasteiger partial charge in [0.05, 0.1) is 11.1 Å². The third-order valence-electron chi connectivity index (χ3n) is 7.58. The van der Waals surface area contributed by atoms with Crippen LogP contribution < -0.4 is 0 Å². The van der Waals surface area contributed by atoms with Crippen LogP contribution in [0, 0.1) is 23.7 Å². The molecule has 2 aliphatic rings. The van der Waals surface area contributed by atoms with Crippen molar-refractivity contribution >= 4 is 11.6 Å². The van der Waals surface area contributed by atoms with Crippen LogP contribution in [0.4, 0.5) is 0 Å². The van der Waals surface area contributed by atoms with E-state index in [1.165, 1.54) is 0 Å². The van der Waals surface area contributed by atoms with Gasteiger partial charge in [-0.05, 0) is 94.9 Å². The fourth-order valence-corrected chi connectivity index (χ4v) is 6.13. The van der Waals surface area contributed by atoms with Gasteiger partial charge in [0, 0.05) is 22.9 Å². The van der Waals surface area contributed by atoms with E-state index >= 15 is 0 Å². The molecule has 2 rings (SSSR count). The van der Waals surface area contributed by atoms with Gasteiger partial charge in [-0.2, -0.15) is 10.1 Å². The summed E-state index contributed by atoms with van der Waals surface area (Å²) in [5, 5.41) is 3.94. The number of Topliss-reactive ketones (excluding diaryl/α,β-unsaturated/α-hetero) is 2. The van der Waals surface area contributed by atoms with Gasteiger partial charge < -0.3 is 0 Å². The molecule has 2 unspecified atom stereocenters. The van der Waals surface area contributed by atoms with Gasteiger partial charge in [-0.3, -0.25) is 19.3 Å². The molecule has 2 fully saturated rings. The number of hydroxylamine groups is 4. The zero-order valence-electron chi connectivity index (χ0n) is 21.9. The molecule has 0 aromatic carbocycles. The molecule has 2 aliphatic heterocycles. The van der Waals surface area contributed by atoms with Crippen LogP contribution in [0.15, 0.2) is 0 Å². The molecule has 2 saturated heterocycles. The first-order valence-electron chi connectivity index (χ1n) is 11.9. The summed E-state index contributed by atoms with van der Waals surface area (Å²) < 4.78 is 0. The van der Waals surface area contributed by atoms with Crippen LogP contribution in [0.5, 0.6) is 0 Å². The first-order chi connectivity index (χ1) is 14.5. The Morgan fingerprint density at radius 3 is 1.31 bits per heavy atom. The second kappa shape index (κ2) is 9.54. The van der Waals surface area contributed by atoms with Crippen molar-refractivity contribution in [3.8, 4) is 11.8 Å². The molecular weight excluding hydrogens is 404 g/mol. The van der Waals surface area contributed by atoms with E-state index in [4.69, 9.17) is 9.68 Å². The Labute approximate surface area is 195 Å². The Morgan fingerprint density at radius 1 is 0.719 bits per heavy atom. The van der Waals surface area contributed by atoms with Crippen molar-refractivity contribution < 1.29 is 19.3 Å². The number of carbonyl (C=O) groups excluding carboxylic acids is 2. The minimum Gasteiger partial charge on any atom is -0.300 e. The van der Waals surface area contributed by atoms with Crippen LogP contribution in [0.25, 0.3) is 0 Å². The van der Waals surface area contributed by atoms with E-state index in [1.54, 1.807) is 13.8 Å². The molecule has 2 heterocycles. The molecule has 0 spiro atoms. The summed E-state index contributed by atoms with van der Waals surface area (Å²) in [7, 11) is 0. The van der Waals surface area contributed by atoms with E-state index in [9.17, 15) is 9.59 Å². The van der Waals surface area contributed by atoms with E-state index in [2.05, 4.69) is 67.2 Å². The molecule has 0 aromatic rings. The van der Waals surface area contributed by atoms with Gasteiger partial charge in [0.1, 0.15) is 24.8 Å². The highest BCUT2D eigenvalue weighted by Crippen LogP contribution is 2.43. The molecule has 0 bridgehead atoms. The molecule has 0 radical (unpaired) electrons. The highest BCUT2D eigenvalue weighted by Gasteiger charge is 2.51. The number of hydrogen-bond acceptors (Lipinski definition) is 6. The van der Waals surface area contributed by atoms with Crippen LogP contribution in [-0.4, -0.2) is 57.1 Å². The van der Waals surface area contributed by atoms with E-state index in [1.807, 2.05) is 10.1 Å². The number of piperidine rings is 2. The first-order valence-corrected chi connectivity index (χ1v) is 11.9. The topological polar surface area (TPSA) is 59.1 Å². The van der Waals surface area contributed by atoms with Gasteiger partial charge in [-0.25, -0.2) is 0 Å². The summed E-state index contributed by atoms with van der Waals surface area (Å²) in [5.41, 5.74) is -1.13. The highest BCUT2D eigenvalue weighted by molar-refractivity contribution is 5.80. The zero-order chi connectivity index (χ0) is 24.5. The van der Waals surface area contributed by atoms with Gasteiger partial charge in [0.2, 0.25) is 0 Å². The van der Waals surface area contributed by atoms with Crippen molar-refractivity contribution in [1.29, 1.82) is 0 Å². The second-order valence-corrected chi connectivity index (χ2v) is 11.8. The van der Waals surface area contributed by atoms with Gasteiger partial charge in [0.25, 0.3) is 0 Å². The first kappa shape index (κ1) is 27.0. The molecule has 0 N–H and O–H groups in total. The Kier molecular flexibility index (Phi) is 8.05. The zero-order valence-corrected chi connectivity index (χ0v) is 21.9. The van der Waals surface area contributed by atoms with E-state index < -0.39 is 11.1 Å². The van der Waals surface area contributed by atoms with Crippen molar-refractivity contribution in [2.75, 3.05) is 13.2 Å². The maximum absolute atomic E-state index is 12.2. The second-order valence-electron chi connectivity index (χ2n) is 11.8. The fraction of sp³-hybridized carbons (Fsp3) is 0.846. The maximum Gasteiger partial charge on any atom is 0.134 e. The predicted octanol–water partition coefficient (Wildman–Crippen LogP) is 4.57. The molecule has 0 amide bonds. The molecular formula is C26H44N2O4. The lowest BCUT2D eigenvalue weighted by atomic mass is 9.72. The number of carbonyl (C=O) groups is 2. The summed E-state index contributed by atoms with van der Waals surface area (Å²) in [4.78, 5) is 36.5. The lowest BCUT2D eigenvalue weighted by Crippen LogP contribution is -2.63. The van der Waals surface area contributed by atoms with Crippen molar-refractivity contribution in [2.45, 2.75) is 117 Å². The molecule has 6 heteroatoms. The Hall–Kier alpha value is -1.26. The smallest absolute Gasteiger partial charge is 0.134 e. The summed E-state index contributed by atoms with van der Waals surface area (Å²) in [6.45, 7) is 20.7. The number of ketones is 2. The minimum atomic E-state index is -0.394. The fourth-order valence-electron chi connectivity index (χ4n) is 6.13. The Balaban J connectivity index is 2.00. The van der Waals surface area contributed by atoms with Crippen molar-refractivity contribution in [1.82, 2.24) is 10.1 Å². The van der Waals surface area contributed by atoms with Gasteiger partial charge in [-0.15, -0.1) is 0 Å². The van der Waals surface area contributed by atoms with E-state index in [0.29, 0.717) is 0 Å². The van der Waals surface area contributed by atoms with Crippen molar-refractivity contribution in [2.24, 2.45) is 11.8 Å². The molecule has 6 nitrogen and oxygen atoms in total.